The highest BCUT2D eigenvalue weighted by molar-refractivity contribution is 7.99. The predicted molar refractivity (Wildman–Crippen MR) is 99.4 cm³/mol. The number of carboxylic acid groups (broad SMARTS) is 1. The van der Waals surface area contributed by atoms with Crippen LogP contribution in [0.2, 0.25) is 10.0 Å². The number of nitrogens with one attached hydrogen (secondary N) is 1. The number of anilines is 1. The second-order valence-electron chi connectivity index (χ2n) is 5.11. The average Bonchev–Trinajstić information content (AvgIpc) is 2.51. The third-order valence-corrected chi connectivity index (χ3v) is 4.83. The van der Waals surface area contributed by atoms with Crippen LogP contribution in [-0.4, -0.2) is 22.7 Å². The fourth-order valence-electron chi connectivity index (χ4n) is 2.02. The summed E-state index contributed by atoms with van der Waals surface area (Å²) in [6.07, 6.45) is 0. The molecule has 0 spiro atoms. The van der Waals surface area contributed by atoms with Gasteiger partial charge in [-0.2, -0.15) is 0 Å². The van der Waals surface area contributed by atoms with E-state index in [2.05, 4.69) is 5.32 Å². The van der Waals surface area contributed by atoms with Gasteiger partial charge in [-0.05, 0) is 42.3 Å². The number of aryl methyl sites for hydroxylation is 1. The van der Waals surface area contributed by atoms with Crippen molar-refractivity contribution in [1.29, 1.82) is 0 Å². The molecule has 0 bridgehead atoms. The quantitative estimate of drug-likeness (QED) is 0.746. The van der Waals surface area contributed by atoms with Crippen LogP contribution in [-0.2, 0) is 10.5 Å². The molecular formula is C17H15Cl2NO3S. The van der Waals surface area contributed by atoms with Gasteiger partial charge in [-0.15, -0.1) is 11.8 Å². The van der Waals surface area contributed by atoms with Crippen molar-refractivity contribution in [3.05, 3.63) is 63.1 Å². The zero-order chi connectivity index (χ0) is 17.7. The van der Waals surface area contributed by atoms with Crippen LogP contribution in [0.15, 0.2) is 36.4 Å². The molecule has 0 aromatic heterocycles. The molecule has 0 aliphatic rings. The Labute approximate surface area is 154 Å². The lowest BCUT2D eigenvalue weighted by atomic mass is 10.1. The molecule has 2 aromatic carbocycles. The molecule has 1 amide bonds. The number of amides is 1. The van der Waals surface area contributed by atoms with Crippen LogP contribution >= 0.6 is 35.0 Å². The summed E-state index contributed by atoms with van der Waals surface area (Å²) < 4.78 is 0. The number of carbonyl (C=O) groups excluding carboxylic acids is 1. The molecule has 0 atom stereocenters. The standard InChI is InChI=1S/C17H15Cl2NO3S/c1-10-2-5-13(7-14(10)17(22)23)20-16(21)9-24-8-11-3-4-12(18)6-15(11)19/h2-7H,8-9H2,1H3,(H,20,21)(H,22,23). The first kappa shape index (κ1) is 18.6. The van der Waals surface area contributed by atoms with Crippen molar-refractivity contribution < 1.29 is 14.7 Å². The number of aromatic carboxylic acids is 1. The van der Waals surface area contributed by atoms with Gasteiger partial charge in [0.1, 0.15) is 0 Å². The zero-order valence-electron chi connectivity index (χ0n) is 12.8. The minimum Gasteiger partial charge on any atom is -0.478 e. The Morgan fingerprint density at radius 2 is 1.92 bits per heavy atom. The molecule has 0 aliphatic carbocycles. The number of carbonyl (C=O) groups is 2. The lowest BCUT2D eigenvalue weighted by Gasteiger charge is -2.08. The molecule has 0 unspecified atom stereocenters. The van der Waals surface area contributed by atoms with Crippen LogP contribution in [0.4, 0.5) is 5.69 Å². The van der Waals surface area contributed by atoms with E-state index >= 15 is 0 Å². The molecule has 4 nitrogen and oxygen atoms in total. The van der Waals surface area contributed by atoms with E-state index in [0.717, 1.165) is 5.56 Å². The van der Waals surface area contributed by atoms with E-state index in [-0.39, 0.29) is 17.2 Å². The summed E-state index contributed by atoms with van der Waals surface area (Å²) in [5, 5.41) is 12.9. The molecule has 0 fully saturated rings. The Balaban J connectivity index is 1.89. The molecular weight excluding hydrogens is 369 g/mol. The topological polar surface area (TPSA) is 66.4 Å². The SMILES string of the molecule is Cc1ccc(NC(=O)CSCc2ccc(Cl)cc2Cl)cc1C(=O)O. The summed E-state index contributed by atoms with van der Waals surface area (Å²) in [6.45, 7) is 1.71. The van der Waals surface area contributed by atoms with Crippen LogP contribution in [0, 0.1) is 6.92 Å². The van der Waals surface area contributed by atoms with Crippen molar-refractivity contribution in [3.63, 3.8) is 0 Å². The highest BCUT2D eigenvalue weighted by Gasteiger charge is 2.10. The summed E-state index contributed by atoms with van der Waals surface area (Å²) in [5.74, 6) is -0.409. The third kappa shape index (κ3) is 5.16. The van der Waals surface area contributed by atoms with Crippen LogP contribution in [0.3, 0.4) is 0 Å². The zero-order valence-corrected chi connectivity index (χ0v) is 15.1. The first-order valence-corrected chi connectivity index (χ1v) is 8.93. The second-order valence-corrected chi connectivity index (χ2v) is 6.94. The van der Waals surface area contributed by atoms with E-state index in [0.29, 0.717) is 27.0 Å². The van der Waals surface area contributed by atoms with Crippen molar-refractivity contribution >= 4 is 52.5 Å². The molecule has 0 aliphatic heterocycles. The van der Waals surface area contributed by atoms with Gasteiger partial charge >= 0.3 is 5.97 Å². The van der Waals surface area contributed by atoms with Crippen molar-refractivity contribution in [1.82, 2.24) is 0 Å². The largest absolute Gasteiger partial charge is 0.478 e. The highest BCUT2D eigenvalue weighted by Crippen LogP contribution is 2.25. The highest BCUT2D eigenvalue weighted by atomic mass is 35.5. The Hall–Kier alpha value is -1.69. The van der Waals surface area contributed by atoms with Gasteiger partial charge < -0.3 is 10.4 Å². The van der Waals surface area contributed by atoms with E-state index in [1.54, 1.807) is 31.2 Å². The smallest absolute Gasteiger partial charge is 0.336 e. The van der Waals surface area contributed by atoms with E-state index in [1.165, 1.54) is 17.8 Å². The van der Waals surface area contributed by atoms with Gasteiger partial charge in [0, 0.05) is 21.5 Å². The van der Waals surface area contributed by atoms with E-state index < -0.39 is 5.97 Å². The monoisotopic (exact) mass is 383 g/mol. The fraction of sp³-hybridized carbons (Fsp3) is 0.176. The lowest BCUT2D eigenvalue weighted by Crippen LogP contribution is -2.15. The maximum atomic E-state index is 12.0. The molecule has 0 saturated heterocycles. The fourth-order valence-corrected chi connectivity index (χ4v) is 3.41. The van der Waals surface area contributed by atoms with Crippen molar-refractivity contribution in [2.75, 3.05) is 11.1 Å². The van der Waals surface area contributed by atoms with Crippen molar-refractivity contribution in [3.8, 4) is 0 Å². The molecule has 2 aromatic rings. The number of rotatable bonds is 6. The summed E-state index contributed by atoms with van der Waals surface area (Å²) in [7, 11) is 0. The molecule has 126 valence electrons. The van der Waals surface area contributed by atoms with Gasteiger partial charge in [-0.25, -0.2) is 4.79 Å². The number of thioether (sulfide) groups is 1. The van der Waals surface area contributed by atoms with E-state index in [9.17, 15) is 9.59 Å². The van der Waals surface area contributed by atoms with Crippen LogP contribution in [0.5, 0.6) is 0 Å². The number of benzene rings is 2. The molecule has 0 heterocycles. The number of hydrogen-bond acceptors (Lipinski definition) is 3. The molecule has 0 saturated carbocycles. The molecule has 24 heavy (non-hydrogen) atoms. The minimum absolute atomic E-state index is 0.174. The Morgan fingerprint density at radius 1 is 1.17 bits per heavy atom. The maximum Gasteiger partial charge on any atom is 0.336 e. The first-order valence-electron chi connectivity index (χ1n) is 7.02. The van der Waals surface area contributed by atoms with Crippen molar-refractivity contribution in [2.24, 2.45) is 0 Å². The second kappa shape index (κ2) is 8.42. The predicted octanol–water partition coefficient (Wildman–Crippen LogP) is 4.87. The molecule has 2 rings (SSSR count). The normalized spacial score (nSPS) is 10.5. The maximum absolute atomic E-state index is 12.0. The van der Waals surface area contributed by atoms with Gasteiger partial charge in [0.25, 0.3) is 0 Å². The van der Waals surface area contributed by atoms with Gasteiger partial charge in [-0.3, -0.25) is 4.79 Å². The molecule has 0 radical (unpaired) electrons. The van der Waals surface area contributed by atoms with Gasteiger partial charge in [0.2, 0.25) is 5.91 Å². The van der Waals surface area contributed by atoms with Gasteiger partial charge in [-0.1, -0.05) is 35.3 Å². The van der Waals surface area contributed by atoms with Gasteiger partial charge in [0.15, 0.2) is 0 Å². The number of hydrogen-bond donors (Lipinski definition) is 2. The van der Waals surface area contributed by atoms with Crippen LogP contribution in [0.1, 0.15) is 21.5 Å². The van der Waals surface area contributed by atoms with E-state index in [1.807, 2.05) is 6.07 Å². The summed E-state index contributed by atoms with van der Waals surface area (Å²) in [5.41, 5.74) is 2.19. The lowest BCUT2D eigenvalue weighted by molar-refractivity contribution is -0.113. The van der Waals surface area contributed by atoms with Crippen molar-refractivity contribution in [2.45, 2.75) is 12.7 Å². The first-order chi connectivity index (χ1) is 11.4. The molecule has 2 N–H and O–H groups in total. The minimum atomic E-state index is -1.02. The third-order valence-electron chi connectivity index (χ3n) is 3.26. The summed E-state index contributed by atoms with van der Waals surface area (Å²) in [6, 6.07) is 10.0. The Bertz CT molecular complexity index is 780. The van der Waals surface area contributed by atoms with Gasteiger partial charge in [0.05, 0.1) is 11.3 Å². The number of carboxylic acids is 1. The Kier molecular flexibility index (Phi) is 6.54. The average molecular weight is 384 g/mol. The van der Waals surface area contributed by atoms with Crippen LogP contribution in [0.25, 0.3) is 0 Å². The summed E-state index contributed by atoms with van der Waals surface area (Å²) in [4.78, 5) is 23.1. The Morgan fingerprint density at radius 3 is 2.58 bits per heavy atom. The number of halogens is 2. The molecule has 7 heteroatoms. The summed E-state index contributed by atoms with van der Waals surface area (Å²) >= 11 is 13.3. The van der Waals surface area contributed by atoms with Crippen LogP contribution < -0.4 is 5.32 Å². The van der Waals surface area contributed by atoms with E-state index in [4.69, 9.17) is 28.3 Å².